The van der Waals surface area contributed by atoms with Gasteiger partial charge in [0.2, 0.25) is 5.43 Å². The van der Waals surface area contributed by atoms with Gasteiger partial charge >= 0.3 is 0 Å². The van der Waals surface area contributed by atoms with Crippen LogP contribution in [0.4, 0.5) is 0 Å². The fourth-order valence-corrected chi connectivity index (χ4v) is 1.81. The van der Waals surface area contributed by atoms with Crippen LogP contribution in [-0.2, 0) is 13.2 Å². The lowest BCUT2D eigenvalue weighted by atomic mass is 10.1. The molecule has 1 aromatic heterocycles. The van der Waals surface area contributed by atoms with Crippen LogP contribution in [0.1, 0.15) is 28.5 Å². The Morgan fingerprint density at radius 3 is 2.60 bits per heavy atom. The molecule has 2 N–H and O–H groups in total. The lowest BCUT2D eigenvalue weighted by Gasteiger charge is -2.10. The minimum atomic E-state index is -0.503. The Morgan fingerprint density at radius 1 is 1.30 bits per heavy atom. The standard InChI is InChI=1S/C15H15NO4/c1-10(18)12-7-16-13(8-17)15(14(12)19)20-9-11-5-3-2-4-6-11/h2-7,17H,8-9H2,1H3,(H,16,19). The molecule has 104 valence electrons. The van der Waals surface area contributed by atoms with E-state index in [-0.39, 0.29) is 36.0 Å². The monoisotopic (exact) mass is 273 g/mol. The third-order valence-electron chi connectivity index (χ3n) is 2.88. The highest BCUT2D eigenvalue weighted by molar-refractivity contribution is 5.94. The number of carbonyl (C=O) groups excluding carboxylic acids is 1. The zero-order valence-electron chi connectivity index (χ0n) is 11.1. The van der Waals surface area contributed by atoms with E-state index in [1.807, 2.05) is 30.3 Å². The minimum absolute atomic E-state index is 0.0101. The number of hydrogen-bond acceptors (Lipinski definition) is 4. The first kappa shape index (κ1) is 14.0. The van der Waals surface area contributed by atoms with Gasteiger partial charge in [-0.1, -0.05) is 30.3 Å². The van der Waals surface area contributed by atoms with Gasteiger partial charge < -0.3 is 14.8 Å². The van der Waals surface area contributed by atoms with Gasteiger partial charge in [-0.05, 0) is 12.5 Å². The van der Waals surface area contributed by atoms with E-state index in [1.54, 1.807) is 0 Å². The number of benzene rings is 1. The normalized spacial score (nSPS) is 10.3. The van der Waals surface area contributed by atoms with Gasteiger partial charge in [-0.2, -0.15) is 0 Å². The molecule has 1 heterocycles. The van der Waals surface area contributed by atoms with E-state index in [1.165, 1.54) is 13.1 Å². The van der Waals surface area contributed by atoms with Crippen molar-refractivity contribution in [1.82, 2.24) is 4.98 Å². The van der Waals surface area contributed by atoms with Crippen molar-refractivity contribution in [3.8, 4) is 5.75 Å². The third-order valence-corrected chi connectivity index (χ3v) is 2.88. The van der Waals surface area contributed by atoms with Gasteiger partial charge in [0.05, 0.1) is 17.9 Å². The lowest BCUT2D eigenvalue weighted by Crippen LogP contribution is -2.19. The van der Waals surface area contributed by atoms with Crippen LogP contribution in [0.25, 0.3) is 0 Å². The topological polar surface area (TPSA) is 79.4 Å². The van der Waals surface area contributed by atoms with Crippen molar-refractivity contribution in [1.29, 1.82) is 0 Å². The summed E-state index contributed by atoms with van der Waals surface area (Å²) in [5, 5.41) is 9.23. The molecule has 0 bridgehead atoms. The van der Waals surface area contributed by atoms with Crippen molar-refractivity contribution in [2.75, 3.05) is 0 Å². The zero-order valence-corrected chi connectivity index (χ0v) is 11.1. The Bertz CT molecular complexity index is 661. The minimum Gasteiger partial charge on any atom is -0.483 e. The van der Waals surface area contributed by atoms with Crippen molar-refractivity contribution in [3.05, 3.63) is 63.6 Å². The summed E-state index contributed by atoms with van der Waals surface area (Å²) in [5.41, 5.74) is 0.668. The predicted octanol–water partition coefficient (Wildman–Crippen LogP) is 1.65. The molecule has 0 spiro atoms. The summed E-state index contributed by atoms with van der Waals surface area (Å²) < 4.78 is 5.48. The number of hydrogen-bond donors (Lipinski definition) is 2. The van der Waals surface area contributed by atoms with Crippen molar-refractivity contribution in [3.63, 3.8) is 0 Å². The Kier molecular flexibility index (Phi) is 4.32. The van der Waals surface area contributed by atoms with E-state index in [0.717, 1.165) is 5.56 Å². The molecule has 0 saturated heterocycles. The molecule has 0 aliphatic carbocycles. The maximum atomic E-state index is 12.1. The van der Waals surface area contributed by atoms with Gasteiger partial charge in [-0.25, -0.2) is 0 Å². The zero-order chi connectivity index (χ0) is 14.5. The molecule has 0 aliphatic heterocycles. The fraction of sp³-hybridized carbons (Fsp3) is 0.200. The number of carbonyl (C=O) groups is 1. The van der Waals surface area contributed by atoms with Gasteiger partial charge in [0.15, 0.2) is 11.5 Å². The number of pyridine rings is 1. The summed E-state index contributed by atoms with van der Waals surface area (Å²) in [6.07, 6.45) is 1.30. The second kappa shape index (κ2) is 6.16. The number of aromatic amines is 1. The number of ether oxygens (including phenoxy) is 1. The van der Waals surface area contributed by atoms with Gasteiger partial charge in [0, 0.05) is 6.20 Å². The van der Waals surface area contributed by atoms with Crippen LogP contribution in [0.15, 0.2) is 41.3 Å². The Balaban J connectivity index is 2.32. The molecular formula is C15H15NO4. The van der Waals surface area contributed by atoms with Crippen LogP contribution in [0.5, 0.6) is 5.75 Å². The summed E-state index contributed by atoms with van der Waals surface area (Å²) in [7, 11) is 0. The van der Waals surface area contributed by atoms with Gasteiger partial charge in [-0.15, -0.1) is 0 Å². The van der Waals surface area contributed by atoms with Crippen LogP contribution in [-0.4, -0.2) is 15.9 Å². The Morgan fingerprint density at radius 2 is 2.00 bits per heavy atom. The molecule has 20 heavy (non-hydrogen) atoms. The van der Waals surface area contributed by atoms with Crippen LogP contribution in [0.3, 0.4) is 0 Å². The van der Waals surface area contributed by atoms with E-state index in [9.17, 15) is 14.7 Å². The number of rotatable bonds is 5. The molecule has 0 amide bonds. The highest BCUT2D eigenvalue weighted by Crippen LogP contribution is 2.14. The summed E-state index contributed by atoms with van der Waals surface area (Å²) in [5.74, 6) is -0.357. The second-order valence-corrected chi connectivity index (χ2v) is 4.33. The van der Waals surface area contributed by atoms with Crippen molar-refractivity contribution in [2.24, 2.45) is 0 Å². The number of aliphatic hydroxyl groups excluding tert-OH is 1. The van der Waals surface area contributed by atoms with E-state index in [0.29, 0.717) is 0 Å². The molecule has 5 nitrogen and oxygen atoms in total. The number of aromatic nitrogens is 1. The van der Waals surface area contributed by atoms with Gasteiger partial charge in [0.1, 0.15) is 6.61 Å². The molecule has 0 radical (unpaired) electrons. The van der Waals surface area contributed by atoms with Crippen molar-refractivity contribution >= 4 is 5.78 Å². The molecular weight excluding hydrogens is 258 g/mol. The van der Waals surface area contributed by atoms with Crippen molar-refractivity contribution < 1.29 is 14.6 Å². The van der Waals surface area contributed by atoms with Gasteiger partial charge in [0.25, 0.3) is 0 Å². The molecule has 0 saturated carbocycles. The number of aliphatic hydroxyl groups is 1. The fourth-order valence-electron chi connectivity index (χ4n) is 1.81. The maximum Gasteiger partial charge on any atom is 0.234 e. The van der Waals surface area contributed by atoms with Crippen LogP contribution < -0.4 is 10.2 Å². The van der Waals surface area contributed by atoms with Crippen LogP contribution >= 0.6 is 0 Å². The highest BCUT2D eigenvalue weighted by atomic mass is 16.5. The lowest BCUT2D eigenvalue weighted by molar-refractivity contribution is 0.101. The largest absolute Gasteiger partial charge is 0.483 e. The van der Waals surface area contributed by atoms with E-state index >= 15 is 0 Å². The first-order valence-corrected chi connectivity index (χ1v) is 6.16. The SMILES string of the molecule is CC(=O)c1c[nH]c(CO)c(OCc2ccccc2)c1=O. The van der Waals surface area contributed by atoms with Crippen molar-refractivity contribution in [2.45, 2.75) is 20.1 Å². The van der Waals surface area contributed by atoms with Crippen LogP contribution in [0, 0.1) is 0 Å². The molecule has 0 aliphatic rings. The summed E-state index contributed by atoms with van der Waals surface area (Å²) in [6, 6.07) is 9.33. The molecule has 0 unspecified atom stereocenters. The first-order valence-electron chi connectivity index (χ1n) is 6.16. The number of H-pyrrole nitrogens is 1. The van der Waals surface area contributed by atoms with E-state index in [4.69, 9.17) is 4.74 Å². The van der Waals surface area contributed by atoms with E-state index in [2.05, 4.69) is 4.98 Å². The predicted molar refractivity (Wildman–Crippen MR) is 73.8 cm³/mol. The highest BCUT2D eigenvalue weighted by Gasteiger charge is 2.15. The molecule has 0 fully saturated rings. The summed E-state index contributed by atoms with van der Waals surface area (Å²) in [6.45, 7) is 1.14. The van der Waals surface area contributed by atoms with Crippen LogP contribution in [0.2, 0.25) is 0 Å². The molecule has 2 aromatic rings. The quantitative estimate of drug-likeness (QED) is 0.812. The average Bonchev–Trinajstić information content (AvgIpc) is 2.46. The summed E-state index contributed by atoms with van der Waals surface area (Å²) in [4.78, 5) is 26.2. The maximum absolute atomic E-state index is 12.1. The molecule has 2 rings (SSSR count). The molecule has 5 heteroatoms. The summed E-state index contributed by atoms with van der Waals surface area (Å²) >= 11 is 0. The molecule has 0 atom stereocenters. The molecule has 1 aromatic carbocycles. The van der Waals surface area contributed by atoms with Gasteiger partial charge in [-0.3, -0.25) is 9.59 Å². The number of ketones is 1. The number of Topliss-reactive ketones (excluding diaryl/α,β-unsaturated/α-hetero) is 1. The number of nitrogens with one attached hydrogen (secondary N) is 1. The third kappa shape index (κ3) is 2.95. The smallest absolute Gasteiger partial charge is 0.234 e. The average molecular weight is 273 g/mol. The first-order chi connectivity index (χ1) is 9.63. The Labute approximate surface area is 115 Å². The second-order valence-electron chi connectivity index (χ2n) is 4.33. The van der Waals surface area contributed by atoms with E-state index < -0.39 is 5.43 Å². The Hall–Kier alpha value is -2.40.